The van der Waals surface area contributed by atoms with Gasteiger partial charge in [0.2, 0.25) is 0 Å². The smallest absolute Gasteiger partial charge is 0.331 e. The minimum absolute atomic E-state index is 0.0336. The van der Waals surface area contributed by atoms with Crippen LogP contribution in [0.2, 0.25) is 0 Å². The Morgan fingerprint density at radius 1 is 1.36 bits per heavy atom. The molecule has 0 saturated heterocycles. The number of ketones is 1. The number of Topliss-reactive ketones (excluding diaryl/α,β-unsaturated/α-hetero) is 1. The molecule has 1 aliphatic carbocycles. The summed E-state index contributed by atoms with van der Waals surface area (Å²) in [5.74, 6) is -2.01. The van der Waals surface area contributed by atoms with Gasteiger partial charge in [-0.1, -0.05) is 25.3 Å². The number of nitro groups is 1. The first-order valence-corrected chi connectivity index (χ1v) is 10.1. The molecule has 3 N–H and O–H groups in total. The fourth-order valence-electron chi connectivity index (χ4n) is 3.42. The maximum Gasteiger partial charge on any atom is 0.331 e. The lowest BCUT2D eigenvalue weighted by atomic mass is 9.76. The van der Waals surface area contributed by atoms with E-state index < -0.39 is 22.2 Å². The predicted molar refractivity (Wildman–Crippen MR) is 105 cm³/mol. The maximum atomic E-state index is 12.7. The van der Waals surface area contributed by atoms with E-state index in [0.717, 1.165) is 36.9 Å². The molecule has 0 aromatic heterocycles. The first-order chi connectivity index (χ1) is 13.3. The number of aryl methyl sites for hydroxylation is 1. The summed E-state index contributed by atoms with van der Waals surface area (Å²) in [4.78, 5) is 35.3. The molecule has 1 saturated carbocycles. The monoisotopic (exact) mass is 410 g/mol. The van der Waals surface area contributed by atoms with E-state index in [1.165, 1.54) is 6.07 Å². The molecule has 1 fully saturated rings. The molecule has 0 bridgehead atoms. The molecule has 1 aliphatic rings. The number of aliphatic carboxylic acids is 1. The summed E-state index contributed by atoms with van der Waals surface area (Å²) in [5.41, 5.74) is 4.89. The number of carbonyl (C=O) groups is 2. The number of hydrogen-bond acceptors (Lipinski definition) is 7. The van der Waals surface area contributed by atoms with Crippen LogP contribution in [-0.4, -0.2) is 33.9 Å². The van der Waals surface area contributed by atoms with E-state index in [1.807, 2.05) is 6.92 Å². The minimum Gasteiger partial charge on any atom is -0.480 e. The second-order valence-corrected chi connectivity index (χ2v) is 8.06. The van der Waals surface area contributed by atoms with Crippen LogP contribution in [0.15, 0.2) is 23.1 Å². The lowest BCUT2D eigenvalue weighted by Crippen LogP contribution is -2.57. The summed E-state index contributed by atoms with van der Waals surface area (Å²) < 4.78 is 5.42. The second-order valence-electron chi connectivity index (χ2n) is 7.21. The number of carbonyl (C=O) groups excluding carboxylic acids is 1. The molecule has 0 spiro atoms. The van der Waals surface area contributed by atoms with Crippen LogP contribution in [0.5, 0.6) is 0 Å². The molecular formula is C19H26N2O6S. The van der Waals surface area contributed by atoms with Gasteiger partial charge in [0, 0.05) is 24.0 Å². The largest absolute Gasteiger partial charge is 0.480 e. The Bertz CT molecular complexity index is 735. The van der Waals surface area contributed by atoms with E-state index in [-0.39, 0.29) is 31.1 Å². The van der Waals surface area contributed by atoms with Gasteiger partial charge in [-0.2, -0.15) is 0 Å². The molecule has 154 valence electrons. The number of hydrogen-bond donors (Lipinski definition) is 2. The number of carboxylic acid groups (broad SMARTS) is 1. The Hall–Kier alpha value is -1.97. The molecule has 0 amide bonds. The van der Waals surface area contributed by atoms with Crippen LogP contribution in [0.3, 0.4) is 0 Å². The molecule has 0 aliphatic heterocycles. The van der Waals surface area contributed by atoms with Crippen molar-refractivity contribution in [3.63, 3.8) is 0 Å². The highest BCUT2D eigenvalue weighted by atomic mass is 32.2. The topological polar surface area (TPSA) is 133 Å². The highest BCUT2D eigenvalue weighted by Crippen LogP contribution is 2.32. The van der Waals surface area contributed by atoms with Crippen LogP contribution in [0.25, 0.3) is 0 Å². The van der Waals surface area contributed by atoms with Gasteiger partial charge in [0.05, 0.1) is 11.5 Å². The van der Waals surface area contributed by atoms with Crippen molar-refractivity contribution in [3.8, 4) is 0 Å². The highest BCUT2D eigenvalue weighted by molar-refractivity contribution is 7.94. The lowest BCUT2D eigenvalue weighted by Gasteiger charge is -2.30. The van der Waals surface area contributed by atoms with E-state index in [0.29, 0.717) is 17.7 Å². The van der Waals surface area contributed by atoms with E-state index in [2.05, 4.69) is 0 Å². The van der Waals surface area contributed by atoms with Gasteiger partial charge >= 0.3 is 5.97 Å². The van der Waals surface area contributed by atoms with Gasteiger partial charge in [0.1, 0.15) is 4.90 Å². The van der Waals surface area contributed by atoms with Gasteiger partial charge in [-0.15, -0.1) is 0 Å². The third kappa shape index (κ3) is 5.52. The average molecular weight is 410 g/mol. The SMILES string of the molecule is Cc1ccc([N+](=O)[O-])c(SOCCC[C@@](N)(C(=O)O)C(=O)C2CCCCC2)c1. The summed E-state index contributed by atoms with van der Waals surface area (Å²) >= 11 is 0.870. The van der Waals surface area contributed by atoms with Gasteiger partial charge in [-0.25, -0.2) is 4.79 Å². The molecule has 28 heavy (non-hydrogen) atoms. The van der Waals surface area contributed by atoms with Gasteiger partial charge in [0.25, 0.3) is 5.69 Å². The average Bonchev–Trinajstić information content (AvgIpc) is 2.67. The molecule has 9 heteroatoms. The van der Waals surface area contributed by atoms with Crippen molar-refractivity contribution in [2.45, 2.75) is 62.3 Å². The quantitative estimate of drug-likeness (QED) is 0.196. The third-order valence-corrected chi connectivity index (χ3v) is 5.85. The molecule has 8 nitrogen and oxygen atoms in total. The Morgan fingerprint density at radius 2 is 2.04 bits per heavy atom. The first-order valence-electron chi connectivity index (χ1n) is 9.37. The molecule has 1 atom stereocenters. The third-order valence-electron chi connectivity index (χ3n) is 5.06. The first kappa shape index (κ1) is 22.3. The molecule has 1 aromatic carbocycles. The minimum atomic E-state index is -1.91. The van der Waals surface area contributed by atoms with Crippen molar-refractivity contribution < 1.29 is 23.8 Å². The van der Waals surface area contributed by atoms with Crippen LogP contribution < -0.4 is 5.73 Å². The normalized spacial score (nSPS) is 17.1. The molecule has 1 aromatic rings. The summed E-state index contributed by atoms with van der Waals surface area (Å²) in [5, 5.41) is 20.6. The van der Waals surface area contributed by atoms with Crippen molar-refractivity contribution in [2.75, 3.05) is 6.61 Å². The summed E-state index contributed by atoms with van der Waals surface area (Å²) in [6.45, 7) is 1.94. The number of carboxylic acids is 1. The zero-order chi connectivity index (χ0) is 20.7. The van der Waals surface area contributed by atoms with E-state index in [1.54, 1.807) is 12.1 Å². The van der Waals surface area contributed by atoms with Crippen molar-refractivity contribution in [2.24, 2.45) is 11.7 Å². The standard InChI is InChI=1S/C19H26N2O6S/c1-13-8-9-15(21(25)26)16(12-13)28-27-11-5-10-19(20,18(23)24)17(22)14-6-3-2-4-7-14/h8-9,12,14H,2-7,10-11,20H2,1H3,(H,23,24)/t19-/m0/s1. The van der Waals surface area contributed by atoms with Crippen molar-refractivity contribution >= 4 is 29.5 Å². The Kier molecular flexibility index (Phi) is 7.97. The van der Waals surface area contributed by atoms with Gasteiger partial charge in [0.15, 0.2) is 11.3 Å². The zero-order valence-corrected chi connectivity index (χ0v) is 16.7. The number of nitrogens with zero attached hydrogens (tertiary/aromatic N) is 1. The van der Waals surface area contributed by atoms with Gasteiger partial charge in [-0.3, -0.25) is 14.9 Å². The van der Waals surface area contributed by atoms with Crippen LogP contribution in [0.1, 0.15) is 50.5 Å². The molecule has 0 unspecified atom stereocenters. The molecule has 2 rings (SSSR count). The number of rotatable bonds is 10. The Balaban J connectivity index is 1.90. The maximum absolute atomic E-state index is 12.7. The van der Waals surface area contributed by atoms with Crippen molar-refractivity contribution in [3.05, 3.63) is 33.9 Å². The number of benzene rings is 1. The van der Waals surface area contributed by atoms with Crippen LogP contribution in [-0.2, 0) is 13.8 Å². The molecular weight excluding hydrogens is 384 g/mol. The van der Waals surface area contributed by atoms with E-state index in [9.17, 15) is 24.8 Å². The molecule has 0 heterocycles. The van der Waals surface area contributed by atoms with Crippen molar-refractivity contribution in [1.29, 1.82) is 0 Å². The predicted octanol–water partition coefficient (Wildman–Crippen LogP) is 3.64. The lowest BCUT2D eigenvalue weighted by molar-refractivity contribution is -0.387. The van der Waals surface area contributed by atoms with Crippen LogP contribution in [0, 0.1) is 23.0 Å². The second kappa shape index (κ2) is 9.99. The summed E-state index contributed by atoms with van der Waals surface area (Å²) in [6, 6.07) is 4.72. The Morgan fingerprint density at radius 3 is 2.64 bits per heavy atom. The fraction of sp³-hybridized carbons (Fsp3) is 0.579. The Labute approximate surface area is 168 Å². The summed E-state index contributed by atoms with van der Waals surface area (Å²) in [7, 11) is 0. The van der Waals surface area contributed by atoms with Crippen molar-refractivity contribution in [1.82, 2.24) is 0 Å². The molecule has 0 radical (unpaired) electrons. The van der Waals surface area contributed by atoms with Gasteiger partial charge < -0.3 is 15.0 Å². The van der Waals surface area contributed by atoms with Crippen LogP contribution in [0.4, 0.5) is 5.69 Å². The van der Waals surface area contributed by atoms with Gasteiger partial charge in [-0.05, 0) is 44.2 Å². The number of nitro benzene ring substituents is 1. The van der Waals surface area contributed by atoms with E-state index >= 15 is 0 Å². The fourth-order valence-corrected chi connectivity index (χ4v) is 4.21. The number of nitrogens with two attached hydrogens (primary N) is 1. The van der Waals surface area contributed by atoms with E-state index in [4.69, 9.17) is 9.92 Å². The summed E-state index contributed by atoms with van der Waals surface area (Å²) in [6.07, 6.45) is 4.50. The highest BCUT2D eigenvalue weighted by Gasteiger charge is 2.44. The van der Waals surface area contributed by atoms with Crippen LogP contribution >= 0.6 is 12.0 Å². The zero-order valence-electron chi connectivity index (χ0n) is 15.9.